The molecule has 2 bridgehead atoms. The van der Waals surface area contributed by atoms with Gasteiger partial charge in [-0.1, -0.05) is 13.0 Å². The second-order valence-corrected chi connectivity index (χ2v) is 7.37. The molecule has 1 saturated carbocycles. The molecule has 0 N–H and O–H groups in total. The minimum Gasteiger partial charge on any atom is -0.460 e. The first-order chi connectivity index (χ1) is 8.61. The molecule has 3 heteroatoms. The highest BCUT2D eigenvalue weighted by molar-refractivity contribution is 6.00. The number of carbonyl (C=O) groups excluding carboxylic acids is 2. The standard InChI is InChI=1S/C16H24O3/c1-10-6-11-7-12(14(18)19-15(2,3)4)9-16(5,8-11)13(10)17/h6,11-12H,7-9H2,1-5H3. The fourth-order valence-electron chi connectivity index (χ4n) is 3.52. The van der Waals surface area contributed by atoms with Crippen LogP contribution in [0, 0.1) is 17.3 Å². The van der Waals surface area contributed by atoms with Crippen molar-refractivity contribution in [1.29, 1.82) is 0 Å². The third-order valence-electron chi connectivity index (χ3n) is 4.13. The lowest BCUT2D eigenvalue weighted by molar-refractivity contribution is -0.163. The fourth-order valence-corrected chi connectivity index (χ4v) is 3.52. The molecule has 19 heavy (non-hydrogen) atoms. The van der Waals surface area contributed by atoms with Crippen molar-refractivity contribution in [3.63, 3.8) is 0 Å². The summed E-state index contributed by atoms with van der Waals surface area (Å²) in [6, 6.07) is 0. The molecule has 0 saturated heterocycles. The van der Waals surface area contributed by atoms with E-state index in [0.717, 1.165) is 18.4 Å². The summed E-state index contributed by atoms with van der Waals surface area (Å²) in [6.07, 6.45) is 4.36. The Morgan fingerprint density at radius 1 is 1.37 bits per heavy atom. The van der Waals surface area contributed by atoms with E-state index in [1.165, 1.54) is 0 Å². The van der Waals surface area contributed by atoms with Gasteiger partial charge in [-0.05, 0) is 58.4 Å². The Labute approximate surface area is 115 Å². The lowest BCUT2D eigenvalue weighted by Crippen LogP contribution is -2.44. The Hall–Kier alpha value is -1.12. The van der Waals surface area contributed by atoms with E-state index < -0.39 is 5.60 Å². The topological polar surface area (TPSA) is 43.4 Å². The molecular weight excluding hydrogens is 240 g/mol. The van der Waals surface area contributed by atoms with Crippen molar-refractivity contribution >= 4 is 11.8 Å². The first kappa shape index (κ1) is 14.3. The molecule has 0 heterocycles. The van der Waals surface area contributed by atoms with Gasteiger partial charge in [-0.3, -0.25) is 9.59 Å². The van der Waals surface area contributed by atoms with E-state index in [1.807, 2.05) is 40.7 Å². The number of hydrogen-bond acceptors (Lipinski definition) is 3. The largest absolute Gasteiger partial charge is 0.460 e. The Morgan fingerprint density at radius 2 is 2.00 bits per heavy atom. The first-order valence-corrected chi connectivity index (χ1v) is 7.07. The van der Waals surface area contributed by atoms with E-state index in [4.69, 9.17) is 4.74 Å². The maximum absolute atomic E-state index is 12.3. The summed E-state index contributed by atoms with van der Waals surface area (Å²) in [7, 11) is 0. The quantitative estimate of drug-likeness (QED) is 0.683. The van der Waals surface area contributed by atoms with Crippen molar-refractivity contribution in [2.24, 2.45) is 17.3 Å². The van der Waals surface area contributed by atoms with Gasteiger partial charge in [0.25, 0.3) is 0 Å². The smallest absolute Gasteiger partial charge is 0.309 e. The molecule has 0 amide bonds. The summed E-state index contributed by atoms with van der Waals surface area (Å²) in [5.74, 6) is 0.256. The van der Waals surface area contributed by atoms with E-state index in [9.17, 15) is 9.59 Å². The van der Waals surface area contributed by atoms with Gasteiger partial charge in [0.15, 0.2) is 5.78 Å². The average molecular weight is 264 g/mol. The van der Waals surface area contributed by atoms with Crippen molar-refractivity contribution < 1.29 is 14.3 Å². The van der Waals surface area contributed by atoms with Crippen LogP contribution in [0.4, 0.5) is 0 Å². The molecule has 0 radical (unpaired) electrons. The zero-order valence-corrected chi connectivity index (χ0v) is 12.6. The monoisotopic (exact) mass is 264 g/mol. The van der Waals surface area contributed by atoms with Crippen LogP contribution in [0.15, 0.2) is 11.6 Å². The van der Waals surface area contributed by atoms with Crippen LogP contribution in [0.3, 0.4) is 0 Å². The van der Waals surface area contributed by atoms with E-state index in [1.54, 1.807) is 0 Å². The average Bonchev–Trinajstić information content (AvgIpc) is 2.23. The summed E-state index contributed by atoms with van der Waals surface area (Å²) in [5, 5.41) is 0. The fraction of sp³-hybridized carbons (Fsp3) is 0.750. The maximum Gasteiger partial charge on any atom is 0.309 e. The number of hydrogen-bond donors (Lipinski definition) is 0. The maximum atomic E-state index is 12.3. The Morgan fingerprint density at radius 3 is 2.58 bits per heavy atom. The summed E-state index contributed by atoms with van der Waals surface area (Å²) in [6.45, 7) is 9.53. The number of rotatable bonds is 1. The van der Waals surface area contributed by atoms with E-state index in [2.05, 4.69) is 0 Å². The minimum atomic E-state index is -0.458. The van der Waals surface area contributed by atoms with Crippen molar-refractivity contribution in [1.82, 2.24) is 0 Å². The summed E-state index contributed by atoms with van der Waals surface area (Å²) in [5.41, 5.74) is 0.0327. The van der Waals surface area contributed by atoms with Gasteiger partial charge in [-0.25, -0.2) is 0 Å². The van der Waals surface area contributed by atoms with Gasteiger partial charge in [-0.15, -0.1) is 0 Å². The molecule has 0 aromatic carbocycles. The van der Waals surface area contributed by atoms with Crippen LogP contribution < -0.4 is 0 Å². The highest BCUT2D eigenvalue weighted by Crippen LogP contribution is 2.48. The Kier molecular flexibility index (Phi) is 3.36. The molecule has 0 aliphatic heterocycles. The summed E-state index contributed by atoms with van der Waals surface area (Å²) in [4.78, 5) is 24.5. The summed E-state index contributed by atoms with van der Waals surface area (Å²) >= 11 is 0. The predicted molar refractivity (Wildman–Crippen MR) is 73.5 cm³/mol. The van der Waals surface area contributed by atoms with Crippen LogP contribution in [-0.2, 0) is 14.3 Å². The van der Waals surface area contributed by atoms with Crippen LogP contribution in [-0.4, -0.2) is 17.4 Å². The number of Topliss-reactive ketones (excluding diaryl/α,β-unsaturated/α-hetero) is 1. The van der Waals surface area contributed by atoms with Crippen LogP contribution in [0.5, 0.6) is 0 Å². The van der Waals surface area contributed by atoms with E-state index in [0.29, 0.717) is 12.3 Å². The number of carbonyl (C=O) groups is 2. The number of esters is 1. The first-order valence-electron chi connectivity index (χ1n) is 7.07. The second kappa shape index (κ2) is 4.46. The van der Waals surface area contributed by atoms with Gasteiger partial charge in [-0.2, -0.15) is 0 Å². The third-order valence-corrected chi connectivity index (χ3v) is 4.13. The molecule has 106 valence electrons. The molecular formula is C16H24O3. The van der Waals surface area contributed by atoms with Crippen LogP contribution in [0.1, 0.15) is 53.9 Å². The van der Waals surface area contributed by atoms with Crippen LogP contribution in [0.25, 0.3) is 0 Å². The molecule has 0 spiro atoms. The van der Waals surface area contributed by atoms with Crippen molar-refractivity contribution in [3.05, 3.63) is 11.6 Å². The van der Waals surface area contributed by atoms with Gasteiger partial charge in [0.1, 0.15) is 5.60 Å². The van der Waals surface area contributed by atoms with Gasteiger partial charge < -0.3 is 4.74 Å². The zero-order valence-electron chi connectivity index (χ0n) is 12.6. The molecule has 2 aliphatic carbocycles. The molecule has 3 unspecified atom stereocenters. The number of allylic oxidation sites excluding steroid dienone is 2. The molecule has 0 aromatic rings. The highest BCUT2D eigenvalue weighted by Gasteiger charge is 2.47. The molecule has 3 atom stereocenters. The van der Waals surface area contributed by atoms with Crippen molar-refractivity contribution in [2.75, 3.05) is 0 Å². The van der Waals surface area contributed by atoms with E-state index >= 15 is 0 Å². The normalized spacial score (nSPS) is 34.8. The highest BCUT2D eigenvalue weighted by atomic mass is 16.6. The second-order valence-electron chi connectivity index (χ2n) is 7.37. The van der Waals surface area contributed by atoms with Gasteiger partial charge in [0.05, 0.1) is 5.92 Å². The zero-order chi connectivity index (χ0) is 14.4. The summed E-state index contributed by atoms with van der Waals surface area (Å²) < 4.78 is 5.48. The van der Waals surface area contributed by atoms with Gasteiger partial charge >= 0.3 is 5.97 Å². The lowest BCUT2D eigenvalue weighted by Gasteiger charge is -2.43. The van der Waals surface area contributed by atoms with Crippen molar-refractivity contribution in [3.8, 4) is 0 Å². The van der Waals surface area contributed by atoms with E-state index in [-0.39, 0.29) is 23.1 Å². The number of ether oxygens (including phenoxy) is 1. The van der Waals surface area contributed by atoms with Crippen LogP contribution in [0.2, 0.25) is 0 Å². The lowest BCUT2D eigenvalue weighted by atomic mass is 9.60. The molecule has 2 rings (SSSR count). The van der Waals surface area contributed by atoms with Gasteiger partial charge in [0.2, 0.25) is 0 Å². The van der Waals surface area contributed by atoms with Gasteiger partial charge in [0, 0.05) is 5.41 Å². The molecule has 3 nitrogen and oxygen atoms in total. The SMILES string of the molecule is CC1=CC2CC(C(=O)OC(C)(C)C)CC(C)(C2)C1=O. The molecule has 2 aliphatic rings. The Balaban J connectivity index is 2.17. The van der Waals surface area contributed by atoms with Crippen molar-refractivity contribution in [2.45, 2.75) is 59.5 Å². The molecule has 1 fully saturated rings. The molecule has 0 aromatic heterocycles. The minimum absolute atomic E-state index is 0.142. The third kappa shape index (κ3) is 2.90. The predicted octanol–water partition coefficient (Wildman–Crippen LogP) is 3.28. The number of fused-ring (bicyclic) bond motifs is 2. The van der Waals surface area contributed by atoms with Crippen LogP contribution >= 0.6 is 0 Å². The Bertz CT molecular complexity index is 441. The number of ketones is 1.